The van der Waals surface area contributed by atoms with Crippen molar-refractivity contribution in [1.29, 1.82) is 0 Å². The zero-order chi connectivity index (χ0) is 12.4. The molecular weight excluding hydrogens is 220 g/mol. The summed E-state index contributed by atoms with van der Waals surface area (Å²) in [5.41, 5.74) is 2.77. The lowest BCUT2D eigenvalue weighted by Gasteiger charge is -2.32. The van der Waals surface area contributed by atoms with Crippen molar-refractivity contribution >= 4 is 0 Å². The Labute approximate surface area is 110 Å². The van der Waals surface area contributed by atoms with Crippen molar-refractivity contribution in [3.8, 4) is 0 Å². The van der Waals surface area contributed by atoms with Crippen molar-refractivity contribution < 1.29 is 0 Å². The molecule has 0 saturated heterocycles. The SMILES string of the molecule is Cc1cncc(C2CCCCC2CNC2CC2)c1. The van der Waals surface area contributed by atoms with Gasteiger partial charge in [0.05, 0.1) is 0 Å². The molecule has 1 heterocycles. The van der Waals surface area contributed by atoms with E-state index in [1.807, 2.05) is 6.20 Å². The first-order valence-electron chi connectivity index (χ1n) is 7.48. The molecule has 1 aromatic rings. The van der Waals surface area contributed by atoms with Crippen molar-refractivity contribution in [2.75, 3.05) is 6.54 Å². The van der Waals surface area contributed by atoms with Crippen LogP contribution in [0.15, 0.2) is 18.5 Å². The lowest BCUT2D eigenvalue weighted by Crippen LogP contribution is -2.30. The van der Waals surface area contributed by atoms with Gasteiger partial charge in [0, 0.05) is 18.4 Å². The summed E-state index contributed by atoms with van der Waals surface area (Å²) in [6, 6.07) is 3.18. The van der Waals surface area contributed by atoms with E-state index in [-0.39, 0.29) is 0 Å². The highest BCUT2D eigenvalue weighted by atomic mass is 14.9. The third-order valence-electron chi connectivity index (χ3n) is 4.48. The molecule has 2 heteroatoms. The van der Waals surface area contributed by atoms with Crippen LogP contribution in [-0.4, -0.2) is 17.6 Å². The highest BCUT2D eigenvalue weighted by molar-refractivity contribution is 5.22. The van der Waals surface area contributed by atoms with Crippen LogP contribution in [0.25, 0.3) is 0 Å². The van der Waals surface area contributed by atoms with Crippen molar-refractivity contribution in [2.45, 2.75) is 57.4 Å². The van der Waals surface area contributed by atoms with Crippen LogP contribution in [-0.2, 0) is 0 Å². The topological polar surface area (TPSA) is 24.9 Å². The number of nitrogens with one attached hydrogen (secondary N) is 1. The molecule has 2 saturated carbocycles. The first kappa shape index (κ1) is 12.2. The van der Waals surface area contributed by atoms with E-state index < -0.39 is 0 Å². The number of hydrogen-bond acceptors (Lipinski definition) is 2. The molecule has 2 fully saturated rings. The average Bonchev–Trinajstić information content (AvgIpc) is 3.21. The molecule has 0 aromatic carbocycles. The van der Waals surface area contributed by atoms with Gasteiger partial charge in [-0.1, -0.05) is 18.9 Å². The minimum absolute atomic E-state index is 0.734. The number of hydrogen-bond donors (Lipinski definition) is 1. The molecule has 2 atom stereocenters. The van der Waals surface area contributed by atoms with Gasteiger partial charge in [0.15, 0.2) is 0 Å². The predicted molar refractivity (Wildman–Crippen MR) is 74.7 cm³/mol. The zero-order valence-electron chi connectivity index (χ0n) is 11.4. The average molecular weight is 244 g/mol. The van der Waals surface area contributed by atoms with Crippen LogP contribution in [0.3, 0.4) is 0 Å². The fourth-order valence-corrected chi connectivity index (χ4v) is 3.28. The summed E-state index contributed by atoms with van der Waals surface area (Å²) in [6.45, 7) is 3.36. The third kappa shape index (κ3) is 2.92. The van der Waals surface area contributed by atoms with Gasteiger partial charge < -0.3 is 5.32 Å². The Bertz CT molecular complexity index is 398. The van der Waals surface area contributed by atoms with Gasteiger partial charge in [-0.05, 0) is 62.1 Å². The molecule has 0 spiro atoms. The van der Waals surface area contributed by atoms with E-state index in [0.717, 1.165) is 17.9 Å². The summed E-state index contributed by atoms with van der Waals surface area (Å²) in [7, 11) is 0. The first-order valence-corrected chi connectivity index (χ1v) is 7.48. The number of nitrogens with zero attached hydrogens (tertiary/aromatic N) is 1. The van der Waals surface area contributed by atoms with Gasteiger partial charge in [-0.15, -0.1) is 0 Å². The van der Waals surface area contributed by atoms with Crippen LogP contribution in [0, 0.1) is 12.8 Å². The quantitative estimate of drug-likeness (QED) is 0.878. The van der Waals surface area contributed by atoms with E-state index in [9.17, 15) is 0 Å². The maximum atomic E-state index is 4.38. The second-order valence-corrected chi connectivity index (χ2v) is 6.13. The number of aromatic nitrogens is 1. The normalized spacial score (nSPS) is 28.3. The molecule has 0 radical (unpaired) electrons. The van der Waals surface area contributed by atoms with Crippen LogP contribution >= 0.6 is 0 Å². The molecule has 2 unspecified atom stereocenters. The Balaban J connectivity index is 1.69. The highest BCUT2D eigenvalue weighted by Gasteiger charge is 2.29. The van der Waals surface area contributed by atoms with Gasteiger partial charge >= 0.3 is 0 Å². The molecule has 2 nitrogen and oxygen atoms in total. The van der Waals surface area contributed by atoms with Crippen LogP contribution < -0.4 is 5.32 Å². The van der Waals surface area contributed by atoms with E-state index in [0.29, 0.717) is 0 Å². The van der Waals surface area contributed by atoms with Crippen molar-refractivity contribution in [3.05, 3.63) is 29.6 Å². The Kier molecular flexibility index (Phi) is 3.64. The van der Waals surface area contributed by atoms with Crippen molar-refractivity contribution in [3.63, 3.8) is 0 Å². The first-order chi connectivity index (χ1) is 8.83. The molecule has 0 bridgehead atoms. The molecule has 18 heavy (non-hydrogen) atoms. The van der Waals surface area contributed by atoms with E-state index >= 15 is 0 Å². The Morgan fingerprint density at radius 3 is 2.78 bits per heavy atom. The largest absolute Gasteiger partial charge is 0.314 e. The molecule has 3 rings (SSSR count). The van der Waals surface area contributed by atoms with Gasteiger partial charge in [-0.3, -0.25) is 4.98 Å². The predicted octanol–water partition coefficient (Wildman–Crippen LogP) is 3.42. The Morgan fingerprint density at radius 1 is 1.17 bits per heavy atom. The summed E-state index contributed by atoms with van der Waals surface area (Å²) in [4.78, 5) is 4.38. The summed E-state index contributed by atoms with van der Waals surface area (Å²) < 4.78 is 0. The van der Waals surface area contributed by atoms with Crippen molar-refractivity contribution in [1.82, 2.24) is 10.3 Å². The van der Waals surface area contributed by atoms with E-state index in [2.05, 4.69) is 29.5 Å². The maximum Gasteiger partial charge on any atom is 0.0303 e. The monoisotopic (exact) mass is 244 g/mol. The summed E-state index contributed by atoms with van der Waals surface area (Å²) in [5.74, 6) is 1.56. The highest BCUT2D eigenvalue weighted by Crippen LogP contribution is 2.37. The van der Waals surface area contributed by atoms with Crippen molar-refractivity contribution in [2.24, 2.45) is 5.92 Å². The van der Waals surface area contributed by atoms with E-state index in [1.165, 1.54) is 56.2 Å². The Morgan fingerprint density at radius 2 is 2.00 bits per heavy atom. The molecule has 98 valence electrons. The van der Waals surface area contributed by atoms with Gasteiger partial charge in [0.2, 0.25) is 0 Å². The van der Waals surface area contributed by atoms with Crippen LogP contribution in [0.1, 0.15) is 55.6 Å². The summed E-state index contributed by atoms with van der Waals surface area (Å²) >= 11 is 0. The van der Waals surface area contributed by atoms with Crippen LogP contribution in [0.5, 0.6) is 0 Å². The lowest BCUT2D eigenvalue weighted by molar-refractivity contribution is 0.294. The number of rotatable bonds is 4. The molecule has 0 aliphatic heterocycles. The maximum absolute atomic E-state index is 4.38. The molecule has 2 aliphatic carbocycles. The third-order valence-corrected chi connectivity index (χ3v) is 4.48. The number of pyridine rings is 1. The smallest absolute Gasteiger partial charge is 0.0303 e. The lowest BCUT2D eigenvalue weighted by atomic mass is 9.75. The molecular formula is C16H24N2. The Hall–Kier alpha value is -0.890. The second kappa shape index (κ2) is 5.40. The van der Waals surface area contributed by atoms with E-state index in [4.69, 9.17) is 0 Å². The molecule has 2 aliphatic rings. The zero-order valence-corrected chi connectivity index (χ0v) is 11.4. The molecule has 1 N–H and O–H groups in total. The summed E-state index contributed by atoms with van der Waals surface area (Å²) in [6.07, 6.45) is 12.4. The van der Waals surface area contributed by atoms with Gasteiger partial charge in [-0.25, -0.2) is 0 Å². The minimum atomic E-state index is 0.734. The minimum Gasteiger partial charge on any atom is -0.314 e. The van der Waals surface area contributed by atoms with Gasteiger partial charge in [0.25, 0.3) is 0 Å². The number of aryl methyl sites for hydroxylation is 1. The van der Waals surface area contributed by atoms with Gasteiger partial charge in [-0.2, -0.15) is 0 Å². The van der Waals surface area contributed by atoms with Gasteiger partial charge in [0.1, 0.15) is 0 Å². The summed E-state index contributed by atoms with van der Waals surface area (Å²) in [5, 5.41) is 3.72. The second-order valence-electron chi connectivity index (χ2n) is 6.13. The fraction of sp³-hybridized carbons (Fsp3) is 0.688. The molecule has 0 amide bonds. The molecule has 1 aromatic heterocycles. The van der Waals surface area contributed by atoms with Crippen LogP contribution in [0.2, 0.25) is 0 Å². The van der Waals surface area contributed by atoms with Crippen LogP contribution in [0.4, 0.5) is 0 Å². The standard InChI is InChI=1S/C16H24N2/c1-12-8-14(10-17-9-12)16-5-3-2-4-13(16)11-18-15-6-7-15/h8-10,13,15-16,18H,2-7,11H2,1H3. The fourth-order valence-electron chi connectivity index (χ4n) is 3.28. The van der Waals surface area contributed by atoms with E-state index in [1.54, 1.807) is 0 Å².